The Morgan fingerprint density at radius 2 is 1.84 bits per heavy atom. The minimum atomic E-state index is -0.846. The van der Waals surface area contributed by atoms with Crippen LogP contribution in [0.3, 0.4) is 0 Å². The fourth-order valence-electron chi connectivity index (χ4n) is 3.41. The minimum Gasteiger partial charge on any atom is -0.489 e. The van der Waals surface area contributed by atoms with Crippen molar-refractivity contribution in [1.82, 2.24) is 10.2 Å². The van der Waals surface area contributed by atoms with Gasteiger partial charge in [-0.15, -0.1) is 0 Å². The van der Waals surface area contributed by atoms with Crippen LogP contribution in [-0.2, 0) is 11.4 Å². The monoisotopic (exact) mass is 474 g/mol. The molecule has 0 radical (unpaired) electrons. The topological polar surface area (TPSA) is 70.6 Å². The Kier molecular flexibility index (Phi) is 6.74. The second-order valence-corrected chi connectivity index (χ2v) is 9.00. The molecule has 0 heterocycles. The maximum Gasteiger partial charge on any atom is 0.265 e. The highest BCUT2D eigenvalue weighted by molar-refractivity contribution is 7.97. The van der Waals surface area contributed by atoms with Crippen molar-refractivity contribution in [3.8, 4) is 5.75 Å². The normalized spacial score (nSPS) is 19.6. The van der Waals surface area contributed by atoms with Crippen LogP contribution in [0.25, 0.3) is 0 Å². The predicted octanol–water partition coefficient (Wildman–Crippen LogP) is 5.60. The molecule has 0 spiro atoms. The first kappa shape index (κ1) is 22.0. The number of nitrogens with one attached hydrogen (secondary N) is 2. The maximum absolute atomic E-state index is 12.3. The third-order valence-corrected chi connectivity index (χ3v) is 6.81. The first-order valence-corrected chi connectivity index (χ1v) is 11.2. The molecule has 160 valence electrons. The predicted molar refractivity (Wildman–Crippen MR) is 123 cm³/mol. The van der Waals surface area contributed by atoms with E-state index in [1.807, 2.05) is 60.7 Å². The number of carbonyl (C=O) groups is 1. The molecule has 3 aromatic carbocycles. The van der Waals surface area contributed by atoms with E-state index in [4.69, 9.17) is 27.9 Å². The molecule has 3 N–H and O–H groups in total. The van der Waals surface area contributed by atoms with E-state index in [9.17, 15) is 10.0 Å². The van der Waals surface area contributed by atoms with Crippen LogP contribution >= 0.6 is 35.1 Å². The highest BCUT2D eigenvalue weighted by Gasteiger charge is 2.61. The van der Waals surface area contributed by atoms with Gasteiger partial charge >= 0.3 is 0 Å². The summed E-state index contributed by atoms with van der Waals surface area (Å²) in [5.41, 5.74) is 2.86. The molecule has 0 bridgehead atoms. The molecule has 0 aromatic heterocycles. The van der Waals surface area contributed by atoms with Crippen LogP contribution in [0.1, 0.15) is 23.5 Å². The van der Waals surface area contributed by atoms with Gasteiger partial charge in [0.2, 0.25) is 0 Å². The van der Waals surface area contributed by atoms with Crippen molar-refractivity contribution in [2.24, 2.45) is 0 Å². The van der Waals surface area contributed by atoms with Gasteiger partial charge in [0.15, 0.2) is 0 Å². The molecule has 3 aromatic rings. The van der Waals surface area contributed by atoms with E-state index >= 15 is 0 Å². The van der Waals surface area contributed by atoms with Crippen LogP contribution in [0.4, 0.5) is 0 Å². The molecule has 5 nitrogen and oxygen atoms in total. The van der Waals surface area contributed by atoms with Gasteiger partial charge in [-0.3, -0.25) is 10.0 Å². The van der Waals surface area contributed by atoms with E-state index in [0.29, 0.717) is 28.8 Å². The first-order valence-electron chi connectivity index (χ1n) is 9.62. The fraction of sp³-hybridized carbons (Fsp3) is 0.174. The highest BCUT2D eigenvalue weighted by Crippen LogP contribution is 2.53. The van der Waals surface area contributed by atoms with Gasteiger partial charge in [-0.2, -0.15) is 0 Å². The average molecular weight is 475 g/mol. The minimum absolute atomic E-state index is 0.0000749. The third-order valence-electron chi connectivity index (χ3n) is 5.25. The zero-order valence-electron chi connectivity index (χ0n) is 16.3. The Balaban J connectivity index is 1.36. The quantitative estimate of drug-likeness (QED) is 0.225. The molecule has 4 rings (SSSR count). The van der Waals surface area contributed by atoms with Crippen molar-refractivity contribution in [3.63, 3.8) is 0 Å². The number of hydroxylamine groups is 1. The number of carbonyl (C=O) groups excluding carboxylic acids is 1. The number of benzene rings is 3. The molecule has 2 atom stereocenters. The molecule has 1 fully saturated rings. The lowest BCUT2D eigenvalue weighted by atomic mass is 10.1. The lowest BCUT2D eigenvalue weighted by Gasteiger charge is -2.17. The Bertz CT molecular complexity index is 1070. The maximum atomic E-state index is 12.3. The van der Waals surface area contributed by atoms with Gasteiger partial charge in [0, 0.05) is 26.4 Å². The number of rotatable bonds is 8. The van der Waals surface area contributed by atoms with Gasteiger partial charge < -0.3 is 4.74 Å². The molecule has 31 heavy (non-hydrogen) atoms. The second-order valence-electron chi connectivity index (χ2n) is 7.28. The van der Waals surface area contributed by atoms with Crippen molar-refractivity contribution in [2.45, 2.75) is 29.4 Å². The van der Waals surface area contributed by atoms with Crippen molar-refractivity contribution >= 4 is 41.1 Å². The SMILES string of the molecule is O=C(NO)C1(NSc2ccc(OCc3ccc(Cl)cc3Cl)cc2)CC1c1ccccc1. The summed E-state index contributed by atoms with van der Waals surface area (Å²) in [6, 6.07) is 22.6. The van der Waals surface area contributed by atoms with Gasteiger partial charge in [-0.25, -0.2) is 10.2 Å². The van der Waals surface area contributed by atoms with Crippen LogP contribution in [0.2, 0.25) is 10.0 Å². The van der Waals surface area contributed by atoms with Gasteiger partial charge in [0.25, 0.3) is 5.91 Å². The molecule has 8 heteroatoms. The lowest BCUT2D eigenvalue weighted by Crippen LogP contribution is -2.44. The lowest BCUT2D eigenvalue weighted by molar-refractivity contribution is -0.132. The number of hydrogen-bond donors (Lipinski definition) is 3. The average Bonchev–Trinajstić information content (AvgIpc) is 3.54. The summed E-state index contributed by atoms with van der Waals surface area (Å²) in [5.74, 6) is 0.264. The zero-order valence-corrected chi connectivity index (χ0v) is 18.7. The molecule has 2 unspecified atom stereocenters. The van der Waals surface area contributed by atoms with Crippen LogP contribution < -0.4 is 14.9 Å². The van der Waals surface area contributed by atoms with E-state index in [0.717, 1.165) is 16.0 Å². The molecular weight excluding hydrogens is 455 g/mol. The molecule has 1 aliphatic rings. The van der Waals surface area contributed by atoms with Gasteiger partial charge in [-0.1, -0.05) is 59.6 Å². The Morgan fingerprint density at radius 1 is 1.10 bits per heavy atom. The summed E-state index contributed by atoms with van der Waals surface area (Å²) in [6.45, 7) is 0.333. The smallest absolute Gasteiger partial charge is 0.265 e. The van der Waals surface area contributed by atoms with Crippen molar-refractivity contribution in [3.05, 3.63) is 94.0 Å². The summed E-state index contributed by atoms with van der Waals surface area (Å²) in [6.07, 6.45) is 0.611. The summed E-state index contributed by atoms with van der Waals surface area (Å²) < 4.78 is 9.05. The van der Waals surface area contributed by atoms with Crippen LogP contribution in [0.5, 0.6) is 5.75 Å². The molecule has 0 saturated heterocycles. The first-order chi connectivity index (χ1) is 15.0. The second kappa shape index (κ2) is 9.51. The van der Waals surface area contributed by atoms with E-state index < -0.39 is 11.4 Å². The van der Waals surface area contributed by atoms with Gasteiger partial charge in [0.1, 0.15) is 17.9 Å². The number of halogens is 2. The van der Waals surface area contributed by atoms with Gasteiger partial charge in [0.05, 0.1) is 0 Å². The summed E-state index contributed by atoms with van der Waals surface area (Å²) in [7, 11) is 0. The fourth-order valence-corrected chi connectivity index (χ4v) is 4.77. The third kappa shape index (κ3) is 5.00. The number of amides is 1. The molecule has 1 aliphatic carbocycles. The molecule has 1 amide bonds. The van der Waals surface area contributed by atoms with Crippen molar-refractivity contribution in [1.29, 1.82) is 0 Å². The van der Waals surface area contributed by atoms with Gasteiger partial charge in [-0.05, 0) is 60.3 Å². The summed E-state index contributed by atoms with van der Waals surface area (Å²) in [5, 5.41) is 10.4. The summed E-state index contributed by atoms with van der Waals surface area (Å²) in [4.78, 5) is 13.3. The van der Waals surface area contributed by atoms with E-state index in [-0.39, 0.29) is 5.92 Å². The largest absolute Gasteiger partial charge is 0.489 e. The highest BCUT2D eigenvalue weighted by atomic mass is 35.5. The van der Waals surface area contributed by atoms with E-state index in [1.54, 1.807) is 17.6 Å². The van der Waals surface area contributed by atoms with Crippen LogP contribution in [0.15, 0.2) is 77.7 Å². The summed E-state index contributed by atoms with van der Waals surface area (Å²) >= 11 is 13.4. The van der Waals surface area contributed by atoms with E-state index in [2.05, 4.69) is 4.72 Å². The Morgan fingerprint density at radius 3 is 2.52 bits per heavy atom. The Hall–Kier alpha value is -2.22. The molecular formula is C23H20Cl2N2O3S. The molecule has 1 saturated carbocycles. The van der Waals surface area contributed by atoms with E-state index in [1.165, 1.54) is 11.9 Å². The van der Waals surface area contributed by atoms with Crippen molar-refractivity contribution < 1.29 is 14.7 Å². The standard InChI is InChI=1S/C23H20Cl2N2O3S/c24-17-7-6-16(21(25)12-17)14-30-18-8-10-19(11-9-18)31-27-23(22(28)26-29)13-20(23)15-4-2-1-3-5-15/h1-12,20,27,29H,13-14H2,(H,26,28). The Labute approximate surface area is 194 Å². The van der Waals surface area contributed by atoms with Crippen LogP contribution in [0, 0.1) is 0 Å². The van der Waals surface area contributed by atoms with Crippen molar-refractivity contribution in [2.75, 3.05) is 0 Å². The molecule has 0 aliphatic heterocycles. The zero-order chi connectivity index (χ0) is 21.8. The van der Waals surface area contributed by atoms with Crippen LogP contribution in [-0.4, -0.2) is 16.7 Å². The number of ether oxygens (including phenoxy) is 1. The number of hydrogen-bond acceptors (Lipinski definition) is 5.